The van der Waals surface area contributed by atoms with Gasteiger partial charge in [0.25, 0.3) is 0 Å². The van der Waals surface area contributed by atoms with Crippen LogP contribution < -0.4 is 10.6 Å². The van der Waals surface area contributed by atoms with E-state index in [1.165, 1.54) is 11.6 Å². The molecule has 0 bridgehead atoms. The fourth-order valence-electron chi connectivity index (χ4n) is 3.60. The lowest BCUT2D eigenvalue weighted by atomic mass is 9.74. The molecule has 7 heteroatoms. The number of rotatable bonds is 6. The molecule has 1 saturated heterocycles. The van der Waals surface area contributed by atoms with Crippen LogP contribution in [0.1, 0.15) is 24.0 Å². The van der Waals surface area contributed by atoms with Crippen LogP contribution in [0, 0.1) is 5.82 Å². The first-order valence-electron chi connectivity index (χ1n) is 9.64. The number of hydrogen-bond donors (Lipinski definition) is 2. The third-order valence-corrected chi connectivity index (χ3v) is 5.58. The number of nitrogens with one attached hydrogen (secondary N) is 2. The summed E-state index contributed by atoms with van der Waals surface area (Å²) in [5.41, 5.74) is 2.07. The molecule has 0 aromatic heterocycles. The fraction of sp³-hybridized carbons (Fsp3) is 0.409. The van der Waals surface area contributed by atoms with E-state index < -0.39 is 0 Å². The second-order valence-corrected chi connectivity index (χ2v) is 7.57. The summed E-state index contributed by atoms with van der Waals surface area (Å²) in [5, 5.41) is 7.53. The van der Waals surface area contributed by atoms with Gasteiger partial charge in [0.05, 0.1) is 0 Å². The van der Waals surface area contributed by atoms with Gasteiger partial charge in [-0.05, 0) is 54.7 Å². The van der Waals surface area contributed by atoms with Crippen LogP contribution in [0.2, 0.25) is 5.02 Å². The summed E-state index contributed by atoms with van der Waals surface area (Å²) in [5.74, 6) is 0.546. The van der Waals surface area contributed by atoms with Crippen molar-refractivity contribution in [2.45, 2.75) is 24.7 Å². The summed E-state index contributed by atoms with van der Waals surface area (Å²) in [6.45, 7) is 2.80. The first-order valence-corrected chi connectivity index (χ1v) is 10.0. The predicted molar refractivity (Wildman–Crippen MR) is 128 cm³/mol. The maximum absolute atomic E-state index is 13.8. The zero-order chi connectivity index (χ0) is 19.8. The van der Waals surface area contributed by atoms with Crippen LogP contribution in [0.15, 0.2) is 53.5 Å². The highest BCUT2D eigenvalue weighted by Gasteiger charge is 2.34. The molecular formula is C22H28ClFIN3O. The van der Waals surface area contributed by atoms with Gasteiger partial charge < -0.3 is 15.4 Å². The van der Waals surface area contributed by atoms with Gasteiger partial charge in [-0.1, -0.05) is 35.9 Å². The smallest absolute Gasteiger partial charge is 0.191 e. The van der Waals surface area contributed by atoms with E-state index >= 15 is 0 Å². The summed E-state index contributed by atoms with van der Waals surface area (Å²) < 4.78 is 19.4. The second kappa shape index (κ2) is 11.7. The van der Waals surface area contributed by atoms with Crippen molar-refractivity contribution < 1.29 is 9.13 Å². The maximum Gasteiger partial charge on any atom is 0.191 e. The van der Waals surface area contributed by atoms with Crippen molar-refractivity contribution in [1.29, 1.82) is 0 Å². The Morgan fingerprint density at radius 3 is 2.52 bits per heavy atom. The molecule has 4 nitrogen and oxygen atoms in total. The number of hydrogen-bond acceptors (Lipinski definition) is 2. The molecule has 2 N–H and O–H groups in total. The molecule has 0 radical (unpaired) electrons. The zero-order valence-electron chi connectivity index (χ0n) is 16.6. The summed E-state index contributed by atoms with van der Waals surface area (Å²) in [6.07, 6.45) is 2.58. The number of aliphatic imine (C=N–C) groups is 1. The van der Waals surface area contributed by atoms with Crippen LogP contribution in [-0.2, 0) is 16.6 Å². The summed E-state index contributed by atoms with van der Waals surface area (Å²) in [6, 6.07) is 14.8. The van der Waals surface area contributed by atoms with E-state index in [4.69, 9.17) is 16.3 Å². The minimum Gasteiger partial charge on any atom is -0.381 e. The molecule has 2 aromatic rings. The van der Waals surface area contributed by atoms with Crippen LogP contribution >= 0.6 is 35.6 Å². The molecular weight excluding hydrogens is 504 g/mol. The lowest BCUT2D eigenvalue weighted by Gasteiger charge is -2.38. The molecule has 3 rings (SSSR count). The molecule has 0 atom stereocenters. The Kier molecular flexibility index (Phi) is 9.65. The van der Waals surface area contributed by atoms with Gasteiger partial charge in [-0.15, -0.1) is 24.0 Å². The first kappa shape index (κ1) is 23.9. The van der Waals surface area contributed by atoms with Crippen LogP contribution in [0.4, 0.5) is 4.39 Å². The molecule has 0 aliphatic carbocycles. The largest absolute Gasteiger partial charge is 0.381 e. The Labute approximate surface area is 194 Å². The Hall–Kier alpha value is -1.38. The van der Waals surface area contributed by atoms with Crippen molar-refractivity contribution in [3.63, 3.8) is 0 Å². The summed E-state index contributed by atoms with van der Waals surface area (Å²) in [4.78, 5) is 4.33. The average molecular weight is 532 g/mol. The van der Waals surface area contributed by atoms with Gasteiger partial charge in [-0.2, -0.15) is 0 Å². The van der Waals surface area contributed by atoms with E-state index in [9.17, 15) is 4.39 Å². The van der Waals surface area contributed by atoms with Crippen LogP contribution in [0.3, 0.4) is 0 Å². The van der Waals surface area contributed by atoms with E-state index in [0.717, 1.165) is 42.4 Å². The van der Waals surface area contributed by atoms with Gasteiger partial charge in [0, 0.05) is 43.8 Å². The molecule has 2 aromatic carbocycles. The van der Waals surface area contributed by atoms with Crippen molar-refractivity contribution in [1.82, 2.24) is 10.6 Å². The molecule has 158 valence electrons. The van der Waals surface area contributed by atoms with E-state index in [2.05, 4.69) is 15.6 Å². The number of guanidine groups is 1. The van der Waals surface area contributed by atoms with Gasteiger partial charge in [-0.3, -0.25) is 4.99 Å². The van der Waals surface area contributed by atoms with Crippen molar-refractivity contribution in [3.05, 3.63) is 70.5 Å². The minimum absolute atomic E-state index is 0. The fourth-order valence-corrected chi connectivity index (χ4v) is 3.72. The highest BCUT2D eigenvalue weighted by Crippen LogP contribution is 2.34. The van der Waals surface area contributed by atoms with Crippen molar-refractivity contribution in [3.8, 4) is 0 Å². The number of benzene rings is 2. The van der Waals surface area contributed by atoms with Crippen molar-refractivity contribution in [2.75, 3.05) is 33.4 Å². The molecule has 0 amide bonds. The maximum atomic E-state index is 13.8. The van der Waals surface area contributed by atoms with Crippen LogP contribution in [-0.4, -0.2) is 39.3 Å². The number of halogens is 3. The Morgan fingerprint density at radius 2 is 1.86 bits per heavy atom. The van der Waals surface area contributed by atoms with Crippen molar-refractivity contribution >= 4 is 41.5 Å². The van der Waals surface area contributed by atoms with Gasteiger partial charge in [0.15, 0.2) is 5.96 Å². The normalized spacial score (nSPS) is 16.0. The van der Waals surface area contributed by atoms with Crippen LogP contribution in [0.25, 0.3) is 0 Å². The monoisotopic (exact) mass is 531 g/mol. The number of ether oxygens (including phenoxy) is 1. The highest BCUT2D eigenvalue weighted by molar-refractivity contribution is 14.0. The Morgan fingerprint density at radius 1 is 1.14 bits per heavy atom. The Bertz CT molecular complexity index is 795. The zero-order valence-corrected chi connectivity index (χ0v) is 19.7. The SMILES string of the molecule is CN=C(NCCc1ccc(Cl)cc1)NCC1(c2cccc(F)c2)CCOCC1.I. The van der Waals surface area contributed by atoms with E-state index in [1.807, 2.05) is 30.3 Å². The van der Waals surface area contributed by atoms with E-state index in [-0.39, 0.29) is 35.2 Å². The molecule has 1 fully saturated rings. The van der Waals surface area contributed by atoms with Crippen molar-refractivity contribution in [2.24, 2.45) is 4.99 Å². The average Bonchev–Trinajstić information content (AvgIpc) is 2.72. The molecule has 1 aliphatic rings. The van der Waals surface area contributed by atoms with E-state index in [0.29, 0.717) is 19.8 Å². The second-order valence-electron chi connectivity index (χ2n) is 7.13. The third-order valence-electron chi connectivity index (χ3n) is 5.32. The van der Waals surface area contributed by atoms with Gasteiger partial charge in [0.2, 0.25) is 0 Å². The molecule has 0 unspecified atom stereocenters. The highest BCUT2D eigenvalue weighted by atomic mass is 127. The van der Waals surface area contributed by atoms with E-state index in [1.54, 1.807) is 19.2 Å². The summed E-state index contributed by atoms with van der Waals surface area (Å²) >= 11 is 5.93. The van der Waals surface area contributed by atoms with Gasteiger partial charge in [-0.25, -0.2) is 4.39 Å². The first-order chi connectivity index (χ1) is 13.6. The standard InChI is InChI=1S/C22H27ClFN3O.HI/c1-25-21(26-12-9-17-5-7-19(23)8-6-17)27-16-22(10-13-28-14-11-22)18-3-2-4-20(24)15-18;/h2-8,15H,9-14,16H2,1H3,(H2,25,26,27);1H. The lowest BCUT2D eigenvalue weighted by Crippen LogP contribution is -2.48. The topological polar surface area (TPSA) is 45.7 Å². The molecule has 29 heavy (non-hydrogen) atoms. The third kappa shape index (κ3) is 6.83. The summed E-state index contributed by atoms with van der Waals surface area (Å²) in [7, 11) is 1.76. The quantitative estimate of drug-likeness (QED) is 0.327. The van der Waals surface area contributed by atoms with Gasteiger partial charge >= 0.3 is 0 Å². The number of nitrogens with zero attached hydrogens (tertiary/aromatic N) is 1. The molecule has 1 aliphatic heterocycles. The molecule has 0 saturated carbocycles. The molecule has 0 spiro atoms. The minimum atomic E-state index is -0.200. The van der Waals surface area contributed by atoms with Gasteiger partial charge in [0.1, 0.15) is 5.82 Å². The van der Waals surface area contributed by atoms with Crippen LogP contribution in [0.5, 0.6) is 0 Å². The molecule has 1 heterocycles. The lowest BCUT2D eigenvalue weighted by molar-refractivity contribution is 0.0513. The predicted octanol–water partition coefficient (Wildman–Crippen LogP) is 4.55. The Balaban J connectivity index is 0.00000300.